The molecule has 0 amide bonds. The number of hydrogen-bond donors (Lipinski definition) is 1. The summed E-state index contributed by atoms with van der Waals surface area (Å²) in [6, 6.07) is 9.53. The van der Waals surface area contributed by atoms with Gasteiger partial charge in [0.15, 0.2) is 23.1 Å². The van der Waals surface area contributed by atoms with Crippen LogP contribution in [0, 0.1) is 11.6 Å². The van der Waals surface area contributed by atoms with Gasteiger partial charge in [0.1, 0.15) is 0 Å². The Morgan fingerprint density at radius 3 is 2.32 bits per heavy atom. The van der Waals surface area contributed by atoms with Crippen LogP contribution in [0.15, 0.2) is 36.4 Å². The zero-order chi connectivity index (χ0) is 16.1. The topological polar surface area (TPSA) is 30.5 Å². The van der Waals surface area contributed by atoms with Crippen molar-refractivity contribution in [2.24, 2.45) is 0 Å². The molecule has 0 saturated heterocycles. The van der Waals surface area contributed by atoms with Gasteiger partial charge in [-0.25, -0.2) is 8.78 Å². The van der Waals surface area contributed by atoms with Crippen LogP contribution in [0.1, 0.15) is 12.5 Å². The van der Waals surface area contributed by atoms with Crippen molar-refractivity contribution in [1.29, 1.82) is 0 Å². The molecule has 1 atom stereocenters. The Labute approximate surface area is 128 Å². The standard InChI is InChI=1S/C17H19F2NO2/c1-11(20-13-5-6-14(18)15(19)10-13)8-12-4-7-16(21-2)17(9-12)22-3/h4-7,9-11,20H,8H2,1-3H3/t11-/m1/s1. The van der Waals surface area contributed by atoms with Gasteiger partial charge in [-0.2, -0.15) is 0 Å². The lowest BCUT2D eigenvalue weighted by Crippen LogP contribution is -2.18. The van der Waals surface area contributed by atoms with E-state index in [4.69, 9.17) is 9.47 Å². The van der Waals surface area contributed by atoms with Gasteiger partial charge in [0.25, 0.3) is 0 Å². The number of hydrogen-bond acceptors (Lipinski definition) is 3. The number of nitrogens with one attached hydrogen (secondary N) is 1. The summed E-state index contributed by atoms with van der Waals surface area (Å²) in [6.07, 6.45) is 0.708. The van der Waals surface area contributed by atoms with Gasteiger partial charge in [-0.05, 0) is 43.2 Å². The molecular formula is C17H19F2NO2. The molecular weight excluding hydrogens is 288 g/mol. The molecule has 0 spiro atoms. The second kappa shape index (κ2) is 7.11. The first-order valence-electron chi connectivity index (χ1n) is 6.96. The monoisotopic (exact) mass is 307 g/mol. The van der Waals surface area contributed by atoms with E-state index in [1.165, 1.54) is 6.07 Å². The number of rotatable bonds is 6. The highest BCUT2D eigenvalue weighted by Gasteiger charge is 2.09. The predicted molar refractivity (Wildman–Crippen MR) is 82.7 cm³/mol. The molecule has 0 radical (unpaired) electrons. The van der Waals surface area contributed by atoms with E-state index < -0.39 is 11.6 Å². The maximum atomic E-state index is 13.2. The Bertz CT molecular complexity index is 647. The molecule has 5 heteroatoms. The molecule has 0 heterocycles. The highest BCUT2D eigenvalue weighted by atomic mass is 19.2. The van der Waals surface area contributed by atoms with Crippen LogP contribution in [0.25, 0.3) is 0 Å². The van der Waals surface area contributed by atoms with Crippen molar-refractivity contribution in [2.75, 3.05) is 19.5 Å². The molecule has 2 rings (SSSR count). The summed E-state index contributed by atoms with van der Waals surface area (Å²) in [7, 11) is 3.18. The minimum absolute atomic E-state index is 0.0444. The van der Waals surface area contributed by atoms with Crippen molar-refractivity contribution in [3.05, 3.63) is 53.6 Å². The molecule has 3 nitrogen and oxygen atoms in total. The fourth-order valence-corrected chi connectivity index (χ4v) is 2.28. The molecule has 1 N–H and O–H groups in total. The third kappa shape index (κ3) is 3.87. The number of benzene rings is 2. The summed E-state index contributed by atoms with van der Waals surface area (Å²) in [4.78, 5) is 0. The predicted octanol–water partition coefficient (Wildman–Crippen LogP) is 4.03. The minimum atomic E-state index is -0.858. The second-order valence-electron chi connectivity index (χ2n) is 5.07. The Kier molecular flexibility index (Phi) is 5.20. The van der Waals surface area contributed by atoms with Crippen LogP contribution in [-0.4, -0.2) is 20.3 Å². The van der Waals surface area contributed by atoms with Crippen LogP contribution in [0.2, 0.25) is 0 Å². The average molecular weight is 307 g/mol. The van der Waals surface area contributed by atoms with E-state index in [1.807, 2.05) is 25.1 Å². The number of ether oxygens (including phenoxy) is 2. The summed E-state index contributed by atoms with van der Waals surface area (Å²) >= 11 is 0. The summed E-state index contributed by atoms with van der Waals surface area (Å²) in [5, 5.41) is 3.15. The molecule has 22 heavy (non-hydrogen) atoms. The zero-order valence-electron chi connectivity index (χ0n) is 12.8. The van der Waals surface area contributed by atoms with Crippen molar-refractivity contribution in [1.82, 2.24) is 0 Å². The SMILES string of the molecule is COc1ccc(C[C@@H](C)Nc2ccc(F)c(F)c2)cc1OC. The molecule has 2 aromatic rings. The highest BCUT2D eigenvalue weighted by molar-refractivity contribution is 5.46. The Morgan fingerprint density at radius 2 is 1.68 bits per heavy atom. The molecule has 118 valence electrons. The van der Waals surface area contributed by atoms with E-state index in [1.54, 1.807) is 14.2 Å². The van der Waals surface area contributed by atoms with Crippen LogP contribution in [0.5, 0.6) is 11.5 Å². The first kappa shape index (κ1) is 16.1. The van der Waals surface area contributed by atoms with Crippen molar-refractivity contribution in [3.63, 3.8) is 0 Å². The third-order valence-corrected chi connectivity index (χ3v) is 3.32. The van der Waals surface area contributed by atoms with E-state index in [2.05, 4.69) is 5.32 Å². The van der Waals surface area contributed by atoms with E-state index in [0.29, 0.717) is 23.6 Å². The van der Waals surface area contributed by atoms with Gasteiger partial charge in [-0.3, -0.25) is 0 Å². The van der Waals surface area contributed by atoms with Gasteiger partial charge >= 0.3 is 0 Å². The number of halogens is 2. The molecule has 0 bridgehead atoms. The molecule has 0 unspecified atom stereocenters. The van der Waals surface area contributed by atoms with Crippen LogP contribution in [0.3, 0.4) is 0 Å². The lowest BCUT2D eigenvalue weighted by molar-refractivity contribution is 0.354. The minimum Gasteiger partial charge on any atom is -0.493 e. The quantitative estimate of drug-likeness (QED) is 0.874. The molecule has 0 aliphatic rings. The van der Waals surface area contributed by atoms with Crippen LogP contribution in [0.4, 0.5) is 14.5 Å². The Morgan fingerprint density at radius 1 is 0.955 bits per heavy atom. The summed E-state index contributed by atoms with van der Waals surface area (Å²) in [5.41, 5.74) is 1.60. The van der Waals surface area contributed by atoms with Crippen molar-refractivity contribution < 1.29 is 18.3 Å². The second-order valence-corrected chi connectivity index (χ2v) is 5.07. The Balaban J connectivity index is 2.05. The van der Waals surface area contributed by atoms with Crippen molar-refractivity contribution in [3.8, 4) is 11.5 Å². The molecule has 0 saturated carbocycles. The molecule has 2 aromatic carbocycles. The smallest absolute Gasteiger partial charge is 0.160 e. The summed E-state index contributed by atoms with van der Waals surface area (Å²) in [6.45, 7) is 1.97. The average Bonchev–Trinajstić information content (AvgIpc) is 2.50. The maximum absolute atomic E-state index is 13.2. The summed E-state index contributed by atoms with van der Waals surface area (Å²) < 4.78 is 36.6. The van der Waals surface area contributed by atoms with E-state index >= 15 is 0 Å². The number of methoxy groups -OCH3 is 2. The fraction of sp³-hybridized carbons (Fsp3) is 0.294. The molecule has 0 aromatic heterocycles. The van der Waals surface area contributed by atoms with E-state index in [-0.39, 0.29) is 6.04 Å². The first-order valence-corrected chi connectivity index (χ1v) is 6.96. The third-order valence-electron chi connectivity index (χ3n) is 3.32. The van der Waals surface area contributed by atoms with Gasteiger partial charge < -0.3 is 14.8 Å². The van der Waals surface area contributed by atoms with Crippen LogP contribution >= 0.6 is 0 Å². The normalized spacial score (nSPS) is 11.9. The van der Waals surface area contributed by atoms with Crippen molar-refractivity contribution >= 4 is 5.69 Å². The molecule has 0 aliphatic heterocycles. The number of anilines is 1. The van der Waals surface area contributed by atoms with Crippen LogP contribution < -0.4 is 14.8 Å². The molecule has 0 aliphatic carbocycles. The Hall–Kier alpha value is -2.30. The van der Waals surface area contributed by atoms with Gasteiger partial charge in [-0.15, -0.1) is 0 Å². The zero-order valence-corrected chi connectivity index (χ0v) is 12.8. The van der Waals surface area contributed by atoms with E-state index in [0.717, 1.165) is 17.7 Å². The molecule has 0 fully saturated rings. The van der Waals surface area contributed by atoms with Crippen LogP contribution in [-0.2, 0) is 6.42 Å². The van der Waals surface area contributed by atoms with Crippen molar-refractivity contribution in [2.45, 2.75) is 19.4 Å². The fourth-order valence-electron chi connectivity index (χ4n) is 2.28. The summed E-state index contributed by atoms with van der Waals surface area (Å²) in [5.74, 6) is -0.367. The lowest BCUT2D eigenvalue weighted by Gasteiger charge is -2.16. The van der Waals surface area contributed by atoms with Gasteiger partial charge in [0.05, 0.1) is 14.2 Å². The van der Waals surface area contributed by atoms with E-state index in [9.17, 15) is 8.78 Å². The van der Waals surface area contributed by atoms with Gasteiger partial charge in [0.2, 0.25) is 0 Å². The first-order chi connectivity index (χ1) is 10.5. The highest BCUT2D eigenvalue weighted by Crippen LogP contribution is 2.28. The lowest BCUT2D eigenvalue weighted by atomic mass is 10.1. The van der Waals surface area contributed by atoms with Gasteiger partial charge in [-0.1, -0.05) is 6.07 Å². The largest absolute Gasteiger partial charge is 0.493 e. The van der Waals surface area contributed by atoms with Gasteiger partial charge in [0, 0.05) is 17.8 Å². The maximum Gasteiger partial charge on any atom is 0.160 e.